The van der Waals surface area contributed by atoms with E-state index in [0.29, 0.717) is 6.04 Å². The van der Waals surface area contributed by atoms with E-state index in [2.05, 4.69) is 24.9 Å². The number of thiol groups is 1. The normalized spacial score (nSPS) is 28.5. The molecule has 0 spiro atoms. The Morgan fingerprint density at radius 3 is 2.47 bits per heavy atom. The average molecular weight is 229 g/mol. The van der Waals surface area contributed by atoms with Crippen LogP contribution >= 0.6 is 12.6 Å². The van der Waals surface area contributed by atoms with Crippen LogP contribution < -0.4 is 5.32 Å². The summed E-state index contributed by atoms with van der Waals surface area (Å²) in [6.07, 6.45) is 7.49. The molecule has 0 aliphatic heterocycles. The minimum absolute atomic E-state index is 0.0808. The Morgan fingerprint density at radius 1 is 1.40 bits per heavy atom. The molecule has 1 aliphatic carbocycles. The third-order valence-corrected chi connectivity index (χ3v) is 3.50. The van der Waals surface area contributed by atoms with Crippen molar-refractivity contribution < 1.29 is 4.79 Å². The second-order valence-electron chi connectivity index (χ2n) is 4.69. The van der Waals surface area contributed by atoms with Crippen molar-refractivity contribution in [3.8, 4) is 0 Å². The Hall–Kier alpha value is -0.180. The van der Waals surface area contributed by atoms with Gasteiger partial charge in [-0.05, 0) is 38.5 Å². The minimum atomic E-state index is -0.182. The number of nitrogens with one attached hydrogen (secondary N) is 1. The first kappa shape index (κ1) is 12.9. The highest BCUT2D eigenvalue weighted by atomic mass is 32.1. The van der Waals surface area contributed by atoms with Crippen molar-refractivity contribution in [3.63, 3.8) is 0 Å². The molecule has 15 heavy (non-hydrogen) atoms. The smallest absolute Gasteiger partial charge is 0.232 e. The van der Waals surface area contributed by atoms with E-state index in [1.807, 2.05) is 6.92 Å². The second-order valence-corrected chi connectivity index (χ2v) is 5.47. The van der Waals surface area contributed by atoms with Gasteiger partial charge < -0.3 is 5.32 Å². The van der Waals surface area contributed by atoms with Gasteiger partial charge in [-0.1, -0.05) is 19.8 Å². The topological polar surface area (TPSA) is 29.1 Å². The van der Waals surface area contributed by atoms with E-state index < -0.39 is 0 Å². The van der Waals surface area contributed by atoms with Crippen LogP contribution in [0.1, 0.15) is 52.4 Å². The molecule has 0 saturated heterocycles. The molecule has 0 bridgehead atoms. The molecule has 0 aromatic heterocycles. The van der Waals surface area contributed by atoms with E-state index in [1.54, 1.807) is 0 Å². The molecular formula is C12H23NOS. The summed E-state index contributed by atoms with van der Waals surface area (Å²) >= 11 is 4.13. The molecule has 0 radical (unpaired) electrons. The summed E-state index contributed by atoms with van der Waals surface area (Å²) in [4.78, 5) is 11.4. The van der Waals surface area contributed by atoms with Crippen LogP contribution in [0, 0.1) is 5.92 Å². The number of carbonyl (C=O) groups excluding carboxylic acids is 1. The van der Waals surface area contributed by atoms with Crippen molar-refractivity contribution in [2.24, 2.45) is 5.92 Å². The Bertz CT molecular complexity index is 198. The van der Waals surface area contributed by atoms with Crippen LogP contribution in [0.3, 0.4) is 0 Å². The fourth-order valence-electron chi connectivity index (χ4n) is 2.33. The first-order chi connectivity index (χ1) is 7.13. The SMILES string of the molecule is CCCC1CCC(NC(=O)C(C)S)CC1. The number of carbonyl (C=O) groups is 1. The lowest BCUT2D eigenvalue weighted by Gasteiger charge is -2.29. The lowest BCUT2D eigenvalue weighted by molar-refractivity contribution is -0.121. The summed E-state index contributed by atoms with van der Waals surface area (Å²) in [6.45, 7) is 4.07. The lowest BCUT2D eigenvalue weighted by atomic mass is 9.83. The summed E-state index contributed by atoms with van der Waals surface area (Å²) < 4.78 is 0. The first-order valence-corrected chi connectivity index (χ1v) is 6.63. The Kier molecular flexibility index (Phi) is 5.51. The third-order valence-electron chi connectivity index (χ3n) is 3.27. The zero-order valence-corrected chi connectivity index (χ0v) is 10.7. The fourth-order valence-corrected chi connectivity index (χ4v) is 2.40. The highest BCUT2D eigenvalue weighted by molar-refractivity contribution is 7.81. The number of hydrogen-bond donors (Lipinski definition) is 2. The largest absolute Gasteiger partial charge is 0.352 e. The molecule has 1 fully saturated rings. The van der Waals surface area contributed by atoms with Gasteiger partial charge in [-0.2, -0.15) is 12.6 Å². The molecule has 0 aromatic rings. The highest BCUT2D eigenvalue weighted by Gasteiger charge is 2.22. The van der Waals surface area contributed by atoms with Crippen LogP contribution in [0.5, 0.6) is 0 Å². The summed E-state index contributed by atoms with van der Waals surface area (Å²) in [6, 6.07) is 0.403. The van der Waals surface area contributed by atoms with Crippen LogP contribution in [0.25, 0.3) is 0 Å². The second kappa shape index (κ2) is 6.41. The fraction of sp³-hybridized carbons (Fsp3) is 0.917. The molecule has 1 atom stereocenters. The Balaban J connectivity index is 2.22. The van der Waals surface area contributed by atoms with Gasteiger partial charge in [0.15, 0.2) is 0 Å². The van der Waals surface area contributed by atoms with E-state index in [4.69, 9.17) is 0 Å². The van der Waals surface area contributed by atoms with Crippen molar-refractivity contribution in [2.75, 3.05) is 0 Å². The molecule has 1 unspecified atom stereocenters. The van der Waals surface area contributed by atoms with Crippen molar-refractivity contribution in [1.29, 1.82) is 0 Å². The number of rotatable bonds is 4. The molecule has 1 rings (SSSR count). The van der Waals surface area contributed by atoms with Crippen LogP contribution in [0.15, 0.2) is 0 Å². The summed E-state index contributed by atoms with van der Waals surface area (Å²) in [5, 5.41) is 2.88. The quantitative estimate of drug-likeness (QED) is 0.713. The van der Waals surface area contributed by atoms with Crippen molar-refractivity contribution >= 4 is 18.5 Å². The predicted molar refractivity (Wildman–Crippen MR) is 67.2 cm³/mol. The maximum atomic E-state index is 11.4. The van der Waals surface area contributed by atoms with Crippen LogP contribution in [0.2, 0.25) is 0 Å². The first-order valence-electron chi connectivity index (χ1n) is 6.12. The molecule has 0 aromatic carbocycles. The number of hydrogen-bond acceptors (Lipinski definition) is 2. The van der Waals surface area contributed by atoms with Crippen molar-refractivity contribution in [3.05, 3.63) is 0 Å². The molecule has 3 heteroatoms. The molecular weight excluding hydrogens is 206 g/mol. The molecule has 1 aliphatic rings. The zero-order chi connectivity index (χ0) is 11.3. The van der Waals surface area contributed by atoms with Crippen LogP contribution in [-0.2, 0) is 4.79 Å². The third kappa shape index (κ3) is 4.45. The van der Waals surface area contributed by atoms with Crippen LogP contribution in [0.4, 0.5) is 0 Å². The molecule has 0 heterocycles. The van der Waals surface area contributed by atoms with E-state index in [1.165, 1.54) is 25.7 Å². The van der Waals surface area contributed by atoms with E-state index >= 15 is 0 Å². The van der Waals surface area contributed by atoms with Gasteiger partial charge >= 0.3 is 0 Å². The monoisotopic (exact) mass is 229 g/mol. The summed E-state index contributed by atoms with van der Waals surface area (Å²) in [7, 11) is 0. The highest BCUT2D eigenvalue weighted by Crippen LogP contribution is 2.27. The van der Waals surface area contributed by atoms with E-state index in [-0.39, 0.29) is 11.2 Å². The van der Waals surface area contributed by atoms with Gasteiger partial charge in [0.2, 0.25) is 5.91 Å². The molecule has 1 N–H and O–H groups in total. The standard InChI is InChI=1S/C12H23NOS/c1-3-4-10-5-7-11(8-6-10)13-12(14)9(2)15/h9-11,15H,3-8H2,1-2H3,(H,13,14). The molecule has 88 valence electrons. The van der Waals surface area contributed by atoms with Crippen molar-refractivity contribution in [2.45, 2.75) is 63.7 Å². The van der Waals surface area contributed by atoms with Gasteiger partial charge in [-0.3, -0.25) is 4.79 Å². The zero-order valence-electron chi connectivity index (χ0n) is 9.83. The predicted octanol–water partition coefficient (Wildman–Crippen LogP) is 2.78. The minimum Gasteiger partial charge on any atom is -0.352 e. The molecule has 1 saturated carbocycles. The maximum Gasteiger partial charge on any atom is 0.232 e. The maximum absolute atomic E-state index is 11.4. The van der Waals surface area contributed by atoms with Gasteiger partial charge in [-0.25, -0.2) is 0 Å². The van der Waals surface area contributed by atoms with Gasteiger partial charge in [0.05, 0.1) is 5.25 Å². The van der Waals surface area contributed by atoms with Gasteiger partial charge in [0.1, 0.15) is 0 Å². The van der Waals surface area contributed by atoms with E-state index in [9.17, 15) is 4.79 Å². The van der Waals surface area contributed by atoms with Crippen molar-refractivity contribution in [1.82, 2.24) is 5.32 Å². The van der Waals surface area contributed by atoms with Gasteiger partial charge in [0, 0.05) is 6.04 Å². The van der Waals surface area contributed by atoms with Gasteiger partial charge in [-0.15, -0.1) is 0 Å². The molecule has 1 amide bonds. The van der Waals surface area contributed by atoms with Crippen LogP contribution in [-0.4, -0.2) is 17.2 Å². The Labute approximate surface area is 98.6 Å². The van der Waals surface area contributed by atoms with E-state index in [0.717, 1.165) is 18.8 Å². The average Bonchev–Trinajstić information content (AvgIpc) is 2.21. The summed E-state index contributed by atoms with van der Waals surface area (Å²) in [5.74, 6) is 0.980. The lowest BCUT2D eigenvalue weighted by Crippen LogP contribution is -2.40. The number of amides is 1. The summed E-state index contributed by atoms with van der Waals surface area (Å²) in [5.41, 5.74) is 0. The van der Waals surface area contributed by atoms with Gasteiger partial charge in [0.25, 0.3) is 0 Å². The Morgan fingerprint density at radius 2 is 2.00 bits per heavy atom. The molecule has 2 nitrogen and oxygen atoms in total.